The Bertz CT molecular complexity index is 847. The summed E-state index contributed by atoms with van der Waals surface area (Å²) < 4.78 is 0.687. The molecule has 90 valence electrons. The van der Waals surface area contributed by atoms with Crippen molar-refractivity contribution in [1.82, 2.24) is 15.0 Å². The predicted molar refractivity (Wildman–Crippen MR) is 72.3 cm³/mol. The maximum Gasteiger partial charge on any atom is 0.268 e. The van der Waals surface area contributed by atoms with E-state index < -0.39 is 0 Å². The molecule has 1 aliphatic rings. The van der Waals surface area contributed by atoms with Gasteiger partial charge in [-0.1, -0.05) is 0 Å². The quantitative estimate of drug-likeness (QED) is 0.672. The molecule has 0 atom stereocenters. The van der Waals surface area contributed by atoms with Crippen molar-refractivity contribution in [2.24, 2.45) is 0 Å². The van der Waals surface area contributed by atoms with Crippen molar-refractivity contribution in [2.75, 3.05) is 0 Å². The lowest BCUT2D eigenvalue weighted by atomic mass is 10.2. The highest BCUT2D eigenvalue weighted by Gasteiger charge is 2.17. The van der Waals surface area contributed by atoms with E-state index in [1.54, 1.807) is 0 Å². The second-order valence-corrected chi connectivity index (χ2v) is 5.73. The maximum absolute atomic E-state index is 11.9. The number of H-pyrrole nitrogens is 1. The second kappa shape index (κ2) is 3.38. The molecule has 5 heteroatoms. The highest BCUT2D eigenvalue weighted by molar-refractivity contribution is 7.25. The molecule has 4 rings (SSSR count). The molecule has 4 nitrogen and oxygen atoms in total. The monoisotopic (exact) mass is 257 g/mol. The Hall–Kier alpha value is -1.75. The maximum atomic E-state index is 11.9. The molecule has 0 fully saturated rings. The SMILES string of the molecule is Cc1nc2c(sc3nc4c(cc32)CCC4)c(=O)[nH]1. The zero-order valence-corrected chi connectivity index (χ0v) is 10.7. The van der Waals surface area contributed by atoms with Gasteiger partial charge in [0.25, 0.3) is 5.56 Å². The summed E-state index contributed by atoms with van der Waals surface area (Å²) in [6.45, 7) is 1.81. The number of thiophene rings is 1. The van der Waals surface area contributed by atoms with E-state index in [0.29, 0.717) is 10.5 Å². The molecule has 0 radical (unpaired) electrons. The smallest absolute Gasteiger partial charge is 0.268 e. The summed E-state index contributed by atoms with van der Waals surface area (Å²) >= 11 is 1.45. The largest absolute Gasteiger partial charge is 0.310 e. The Balaban J connectivity index is 2.21. The van der Waals surface area contributed by atoms with Gasteiger partial charge in [0, 0.05) is 11.1 Å². The van der Waals surface area contributed by atoms with Crippen molar-refractivity contribution in [1.29, 1.82) is 0 Å². The number of rotatable bonds is 0. The normalized spacial score (nSPS) is 14.5. The van der Waals surface area contributed by atoms with Gasteiger partial charge >= 0.3 is 0 Å². The topological polar surface area (TPSA) is 58.6 Å². The van der Waals surface area contributed by atoms with Gasteiger partial charge in [0.15, 0.2) is 0 Å². The van der Waals surface area contributed by atoms with E-state index in [4.69, 9.17) is 0 Å². The number of fused-ring (bicyclic) bond motifs is 4. The van der Waals surface area contributed by atoms with Gasteiger partial charge in [-0.3, -0.25) is 4.79 Å². The van der Waals surface area contributed by atoms with Crippen LogP contribution in [0.15, 0.2) is 10.9 Å². The van der Waals surface area contributed by atoms with Crippen molar-refractivity contribution >= 4 is 31.8 Å². The molecule has 3 aromatic heterocycles. The number of hydrogen-bond acceptors (Lipinski definition) is 4. The lowest BCUT2D eigenvalue weighted by Crippen LogP contribution is -2.07. The van der Waals surface area contributed by atoms with Crippen LogP contribution in [0.1, 0.15) is 23.5 Å². The fraction of sp³-hybridized carbons (Fsp3) is 0.308. The van der Waals surface area contributed by atoms with Crippen LogP contribution in [-0.2, 0) is 12.8 Å². The van der Waals surface area contributed by atoms with Gasteiger partial charge in [-0.05, 0) is 37.8 Å². The Morgan fingerprint density at radius 3 is 3.11 bits per heavy atom. The first-order chi connectivity index (χ1) is 8.72. The minimum atomic E-state index is -0.0549. The van der Waals surface area contributed by atoms with E-state index in [1.165, 1.54) is 29.0 Å². The van der Waals surface area contributed by atoms with Crippen LogP contribution in [0.4, 0.5) is 0 Å². The van der Waals surface area contributed by atoms with Crippen LogP contribution in [0.25, 0.3) is 20.4 Å². The van der Waals surface area contributed by atoms with E-state index in [2.05, 4.69) is 21.0 Å². The third kappa shape index (κ3) is 1.28. The van der Waals surface area contributed by atoms with Gasteiger partial charge in [0.2, 0.25) is 0 Å². The van der Waals surface area contributed by atoms with Crippen LogP contribution in [-0.4, -0.2) is 15.0 Å². The minimum absolute atomic E-state index is 0.0549. The zero-order valence-electron chi connectivity index (χ0n) is 9.91. The Kier molecular flexibility index (Phi) is 1.92. The van der Waals surface area contributed by atoms with Crippen molar-refractivity contribution in [3.63, 3.8) is 0 Å². The molecule has 0 aliphatic heterocycles. The first-order valence-electron chi connectivity index (χ1n) is 6.04. The van der Waals surface area contributed by atoms with Crippen LogP contribution < -0.4 is 5.56 Å². The molecular formula is C13H11N3OS. The molecule has 1 N–H and O–H groups in total. The summed E-state index contributed by atoms with van der Waals surface area (Å²) in [6.07, 6.45) is 3.34. The number of nitrogens with zero attached hydrogens (tertiary/aromatic N) is 2. The summed E-state index contributed by atoms with van der Waals surface area (Å²) in [5.41, 5.74) is 3.27. The molecule has 0 saturated carbocycles. The van der Waals surface area contributed by atoms with Crippen LogP contribution in [0, 0.1) is 6.92 Å². The van der Waals surface area contributed by atoms with Gasteiger partial charge < -0.3 is 4.98 Å². The first-order valence-corrected chi connectivity index (χ1v) is 6.86. The number of aromatic amines is 1. The Morgan fingerprint density at radius 2 is 2.22 bits per heavy atom. The number of pyridine rings is 1. The van der Waals surface area contributed by atoms with E-state index in [-0.39, 0.29) is 5.56 Å². The standard InChI is InChI=1S/C13H11N3OS/c1-6-14-10-8-5-7-3-2-4-9(7)16-13(8)18-11(10)12(17)15-6/h5H,2-4H2,1H3,(H,14,15,17). The molecule has 18 heavy (non-hydrogen) atoms. The van der Waals surface area contributed by atoms with Gasteiger partial charge in [0.1, 0.15) is 15.4 Å². The highest BCUT2D eigenvalue weighted by Crippen LogP contribution is 2.33. The van der Waals surface area contributed by atoms with Crippen molar-refractivity contribution in [3.05, 3.63) is 33.5 Å². The first kappa shape index (κ1) is 10.2. The van der Waals surface area contributed by atoms with E-state index >= 15 is 0 Å². The van der Waals surface area contributed by atoms with Crippen LogP contribution >= 0.6 is 11.3 Å². The lowest BCUT2D eigenvalue weighted by molar-refractivity contribution is 0.901. The van der Waals surface area contributed by atoms with Crippen LogP contribution in [0.3, 0.4) is 0 Å². The summed E-state index contributed by atoms with van der Waals surface area (Å²) in [6, 6.07) is 2.18. The third-order valence-corrected chi connectivity index (χ3v) is 4.55. The van der Waals surface area contributed by atoms with E-state index in [0.717, 1.165) is 28.6 Å². The molecule has 3 heterocycles. The fourth-order valence-electron chi connectivity index (χ4n) is 2.65. The second-order valence-electron chi connectivity index (χ2n) is 4.73. The lowest BCUT2D eigenvalue weighted by Gasteiger charge is -1.98. The zero-order chi connectivity index (χ0) is 12.3. The molecule has 1 aliphatic carbocycles. The van der Waals surface area contributed by atoms with E-state index in [1.807, 2.05) is 6.92 Å². The summed E-state index contributed by atoms with van der Waals surface area (Å²) in [7, 11) is 0. The van der Waals surface area contributed by atoms with Crippen LogP contribution in [0.5, 0.6) is 0 Å². The van der Waals surface area contributed by atoms with Crippen molar-refractivity contribution in [2.45, 2.75) is 26.2 Å². The molecular weight excluding hydrogens is 246 g/mol. The fourth-order valence-corrected chi connectivity index (χ4v) is 3.66. The van der Waals surface area contributed by atoms with Gasteiger partial charge in [0.05, 0.1) is 5.52 Å². The number of nitrogens with one attached hydrogen (secondary N) is 1. The van der Waals surface area contributed by atoms with Gasteiger partial charge in [-0.15, -0.1) is 11.3 Å². The molecule has 0 spiro atoms. The average molecular weight is 257 g/mol. The Morgan fingerprint density at radius 1 is 1.33 bits per heavy atom. The molecule has 3 aromatic rings. The minimum Gasteiger partial charge on any atom is -0.310 e. The van der Waals surface area contributed by atoms with Gasteiger partial charge in [-0.2, -0.15) is 0 Å². The summed E-state index contributed by atoms with van der Waals surface area (Å²) in [5, 5.41) is 1.03. The third-order valence-electron chi connectivity index (χ3n) is 3.46. The molecule has 0 aromatic carbocycles. The Labute approximate surface area is 107 Å². The predicted octanol–water partition coefficient (Wildman–Crippen LogP) is 2.33. The van der Waals surface area contributed by atoms with Crippen molar-refractivity contribution < 1.29 is 0 Å². The molecule has 0 saturated heterocycles. The highest BCUT2D eigenvalue weighted by atomic mass is 32.1. The van der Waals surface area contributed by atoms with Crippen molar-refractivity contribution in [3.8, 4) is 0 Å². The number of hydrogen-bond donors (Lipinski definition) is 1. The van der Waals surface area contributed by atoms with E-state index in [9.17, 15) is 4.79 Å². The van der Waals surface area contributed by atoms with Gasteiger partial charge in [-0.25, -0.2) is 9.97 Å². The summed E-state index contributed by atoms with van der Waals surface area (Å²) in [5.74, 6) is 0.660. The average Bonchev–Trinajstić information content (AvgIpc) is 2.90. The molecule has 0 bridgehead atoms. The van der Waals surface area contributed by atoms with Crippen LogP contribution in [0.2, 0.25) is 0 Å². The number of aryl methyl sites for hydroxylation is 3. The number of aromatic nitrogens is 3. The molecule has 0 unspecified atom stereocenters. The molecule has 0 amide bonds. The summed E-state index contributed by atoms with van der Waals surface area (Å²) in [4.78, 5) is 24.8.